The molecule has 7 heteroatoms. The van der Waals surface area contributed by atoms with E-state index in [9.17, 15) is 4.79 Å². The number of carbonyl (C=O) groups is 1. The SMILES string of the molecule is CN=C(NCC(C)(C)C(=O)NC)N(C)Cc1nc2c(s1)CCCC2. The van der Waals surface area contributed by atoms with Crippen LogP contribution in [0.1, 0.15) is 42.3 Å². The van der Waals surface area contributed by atoms with Crippen LogP contribution < -0.4 is 10.6 Å². The van der Waals surface area contributed by atoms with E-state index in [1.54, 1.807) is 14.1 Å². The lowest BCUT2D eigenvalue weighted by Crippen LogP contribution is -2.47. The Balaban J connectivity index is 1.95. The summed E-state index contributed by atoms with van der Waals surface area (Å²) in [7, 11) is 5.43. The maximum Gasteiger partial charge on any atom is 0.227 e. The molecule has 0 aromatic carbocycles. The molecule has 0 unspecified atom stereocenters. The van der Waals surface area contributed by atoms with E-state index >= 15 is 0 Å². The molecule has 1 aromatic heterocycles. The van der Waals surface area contributed by atoms with Crippen LogP contribution in [0.25, 0.3) is 0 Å². The topological polar surface area (TPSA) is 69.6 Å². The number of aliphatic imine (C=N–C) groups is 1. The molecule has 1 aromatic rings. The van der Waals surface area contributed by atoms with Crippen molar-refractivity contribution in [2.24, 2.45) is 10.4 Å². The lowest BCUT2D eigenvalue weighted by Gasteiger charge is -2.27. The molecule has 1 heterocycles. The van der Waals surface area contributed by atoms with Crippen LogP contribution in [0.3, 0.4) is 0 Å². The quantitative estimate of drug-likeness (QED) is 0.627. The maximum atomic E-state index is 11.9. The summed E-state index contributed by atoms with van der Waals surface area (Å²) in [6, 6.07) is 0. The summed E-state index contributed by atoms with van der Waals surface area (Å²) in [6.45, 7) is 5.10. The van der Waals surface area contributed by atoms with Crippen molar-refractivity contribution in [2.45, 2.75) is 46.1 Å². The Kier molecular flexibility index (Phi) is 6.21. The predicted octanol–water partition coefficient (Wildman–Crippen LogP) is 1.80. The van der Waals surface area contributed by atoms with Gasteiger partial charge in [0.2, 0.25) is 5.91 Å². The first kappa shape index (κ1) is 18.7. The number of amides is 1. The Morgan fingerprint density at radius 1 is 1.38 bits per heavy atom. The molecule has 2 N–H and O–H groups in total. The fourth-order valence-electron chi connectivity index (χ4n) is 2.85. The van der Waals surface area contributed by atoms with E-state index in [0.717, 1.165) is 23.9 Å². The van der Waals surface area contributed by atoms with Crippen LogP contribution in [-0.4, -0.2) is 49.4 Å². The first-order valence-corrected chi connectivity index (χ1v) is 9.30. The molecule has 0 aliphatic heterocycles. The lowest BCUT2D eigenvalue weighted by atomic mass is 9.92. The van der Waals surface area contributed by atoms with Gasteiger partial charge < -0.3 is 15.5 Å². The van der Waals surface area contributed by atoms with Gasteiger partial charge in [-0.05, 0) is 39.5 Å². The highest BCUT2D eigenvalue weighted by molar-refractivity contribution is 7.11. The molecule has 0 fully saturated rings. The fourth-order valence-corrected chi connectivity index (χ4v) is 4.06. The van der Waals surface area contributed by atoms with Gasteiger partial charge >= 0.3 is 0 Å². The van der Waals surface area contributed by atoms with Gasteiger partial charge in [0.05, 0.1) is 17.7 Å². The van der Waals surface area contributed by atoms with Crippen molar-refractivity contribution in [3.63, 3.8) is 0 Å². The van der Waals surface area contributed by atoms with Gasteiger partial charge in [0.25, 0.3) is 0 Å². The first-order chi connectivity index (χ1) is 11.4. The Hall–Kier alpha value is -1.63. The fraction of sp³-hybridized carbons (Fsp3) is 0.706. The van der Waals surface area contributed by atoms with E-state index in [1.165, 1.54) is 29.8 Å². The molecule has 0 atom stereocenters. The van der Waals surface area contributed by atoms with Crippen LogP contribution in [0, 0.1) is 5.41 Å². The van der Waals surface area contributed by atoms with E-state index < -0.39 is 5.41 Å². The van der Waals surface area contributed by atoms with Crippen molar-refractivity contribution < 1.29 is 4.79 Å². The summed E-state index contributed by atoms with van der Waals surface area (Å²) in [5, 5.41) is 7.14. The molecule has 6 nitrogen and oxygen atoms in total. The number of guanidine groups is 1. The zero-order valence-electron chi connectivity index (χ0n) is 15.4. The van der Waals surface area contributed by atoms with Crippen LogP contribution in [0.5, 0.6) is 0 Å². The Labute approximate surface area is 148 Å². The molecular weight excluding hydrogens is 322 g/mol. The molecule has 0 radical (unpaired) electrons. The molecule has 2 rings (SSSR count). The highest BCUT2D eigenvalue weighted by Gasteiger charge is 2.27. The van der Waals surface area contributed by atoms with Gasteiger partial charge in [0.1, 0.15) is 5.01 Å². The van der Waals surface area contributed by atoms with Crippen LogP contribution >= 0.6 is 11.3 Å². The number of nitrogens with zero attached hydrogens (tertiary/aromatic N) is 3. The summed E-state index contributed by atoms with van der Waals surface area (Å²) < 4.78 is 0. The Morgan fingerprint density at radius 3 is 2.71 bits per heavy atom. The van der Waals surface area contributed by atoms with Crippen molar-refractivity contribution in [1.82, 2.24) is 20.5 Å². The molecule has 24 heavy (non-hydrogen) atoms. The minimum atomic E-state index is -0.494. The third kappa shape index (κ3) is 4.47. The largest absolute Gasteiger partial charge is 0.359 e. The van der Waals surface area contributed by atoms with Gasteiger partial charge in [-0.3, -0.25) is 9.79 Å². The van der Waals surface area contributed by atoms with Gasteiger partial charge in [0.15, 0.2) is 5.96 Å². The predicted molar refractivity (Wildman–Crippen MR) is 99.4 cm³/mol. The average molecular weight is 352 g/mol. The first-order valence-electron chi connectivity index (χ1n) is 8.49. The zero-order valence-corrected chi connectivity index (χ0v) is 16.2. The number of hydrogen-bond acceptors (Lipinski definition) is 4. The minimum Gasteiger partial charge on any atom is -0.359 e. The summed E-state index contributed by atoms with van der Waals surface area (Å²) in [6.07, 6.45) is 4.82. The van der Waals surface area contributed by atoms with E-state index in [-0.39, 0.29) is 5.91 Å². The van der Waals surface area contributed by atoms with Gasteiger partial charge in [-0.1, -0.05) is 0 Å². The molecule has 0 saturated heterocycles. The minimum absolute atomic E-state index is 0.0145. The molecule has 1 amide bonds. The summed E-state index contributed by atoms with van der Waals surface area (Å²) in [4.78, 5) is 24.5. The smallest absolute Gasteiger partial charge is 0.227 e. The van der Waals surface area contributed by atoms with Gasteiger partial charge in [-0.15, -0.1) is 11.3 Å². The second-order valence-corrected chi connectivity index (χ2v) is 8.07. The maximum absolute atomic E-state index is 11.9. The summed E-state index contributed by atoms with van der Waals surface area (Å²) in [5.74, 6) is 0.792. The van der Waals surface area contributed by atoms with Crippen molar-refractivity contribution in [3.05, 3.63) is 15.6 Å². The normalized spacial score (nSPS) is 15.0. The van der Waals surface area contributed by atoms with E-state index in [2.05, 4.69) is 20.5 Å². The Bertz CT molecular complexity index is 585. The van der Waals surface area contributed by atoms with Gasteiger partial charge in [0, 0.05) is 32.6 Å². The second-order valence-electron chi connectivity index (χ2n) is 6.90. The molecule has 134 valence electrons. The van der Waals surface area contributed by atoms with Crippen LogP contribution in [0.2, 0.25) is 0 Å². The number of nitrogens with one attached hydrogen (secondary N) is 2. The van der Waals surface area contributed by atoms with Crippen molar-refractivity contribution in [3.8, 4) is 0 Å². The highest BCUT2D eigenvalue weighted by atomic mass is 32.1. The molecule has 0 spiro atoms. The Morgan fingerprint density at radius 2 is 2.08 bits per heavy atom. The average Bonchev–Trinajstić information content (AvgIpc) is 2.96. The van der Waals surface area contributed by atoms with E-state index in [1.807, 2.05) is 32.2 Å². The standard InChI is InChI=1S/C17H29N5OS/c1-17(2,15(23)18-3)11-20-16(19-4)22(5)10-14-21-12-8-6-7-9-13(12)24-14/h6-11H2,1-5H3,(H,18,23)(H,19,20). The molecular formula is C17H29N5OS. The number of rotatable bonds is 5. The number of hydrogen-bond donors (Lipinski definition) is 2. The van der Waals surface area contributed by atoms with Crippen molar-refractivity contribution in [1.29, 1.82) is 0 Å². The number of fused-ring (bicyclic) bond motifs is 1. The van der Waals surface area contributed by atoms with Crippen molar-refractivity contribution in [2.75, 3.05) is 27.7 Å². The third-order valence-corrected chi connectivity index (χ3v) is 5.51. The van der Waals surface area contributed by atoms with E-state index in [0.29, 0.717) is 6.54 Å². The molecule has 0 bridgehead atoms. The van der Waals surface area contributed by atoms with Crippen LogP contribution in [0.4, 0.5) is 0 Å². The summed E-state index contributed by atoms with van der Waals surface area (Å²) in [5.41, 5.74) is 0.796. The summed E-state index contributed by atoms with van der Waals surface area (Å²) >= 11 is 1.82. The molecule has 1 aliphatic rings. The highest BCUT2D eigenvalue weighted by Crippen LogP contribution is 2.27. The third-order valence-electron chi connectivity index (χ3n) is 4.37. The van der Waals surface area contributed by atoms with E-state index in [4.69, 9.17) is 4.98 Å². The number of thiazole rings is 1. The van der Waals surface area contributed by atoms with Crippen LogP contribution in [-0.2, 0) is 24.2 Å². The van der Waals surface area contributed by atoms with Gasteiger partial charge in [-0.2, -0.15) is 0 Å². The number of aryl methyl sites for hydroxylation is 2. The van der Waals surface area contributed by atoms with Crippen LogP contribution in [0.15, 0.2) is 4.99 Å². The number of aromatic nitrogens is 1. The van der Waals surface area contributed by atoms with Crippen molar-refractivity contribution >= 4 is 23.2 Å². The number of carbonyl (C=O) groups excluding carboxylic acids is 1. The molecule has 1 aliphatic carbocycles. The zero-order chi connectivity index (χ0) is 17.7. The van der Waals surface area contributed by atoms with Gasteiger partial charge in [-0.25, -0.2) is 4.98 Å². The lowest BCUT2D eigenvalue weighted by molar-refractivity contribution is -0.128. The monoisotopic (exact) mass is 351 g/mol. The molecule has 0 saturated carbocycles. The second kappa shape index (κ2) is 7.96.